The fourth-order valence-electron chi connectivity index (χ4n) is 3.60. The molecule has 0 saturated heterocycles. The van der Waals surface area contributed by atoms with Crippen molar-refractivity contribution >= 4 is 38.8 Å². The van der Waals surface area contributed by atoms with E-state index < -0.39 is 77.9 Å². The van der Waals surface area contributed by atoms with E-state index in [-0.39, 0.29) is 18.0 Å². The van der Waals surface area contributed by atoms with Crippen LogP contribution in [0.25, 0.3) is 0 Å². The molecule has 3 aromatic carbocycles. The van der Waals surface area contributed by atoms with Crippen molar-refractivity contribution < 1.29 is 40.7 Å². The van der Waals surface area contributed by atoms with E-state index >= 15 is 0 Å². The summed E-state index contributed by atoms with van der Waals surface area (Å²) in [5, 5.41) is 23.1. The predicted octanol–water partition coefficient (Wildman–Crippen LogP) is 4.08. The molecule has 5 N–H and O–H groups in total. The minimum absolute atomic E-state index is 0.130. The van der Waals surface area contributed by atoms with Crippen molar-refractivity contribution in [1.29, 1.82) is 5.41 Å². The number of carbonyl (C=O) groups is 2. The number of sulfonamides is 1. The number of aliphatic hydroxyl groups is 1. The molecule has 0 unspecified atom stereocenters. The Hall–Kier alpha value is -4.56. The largest absolute Gasteiger partial charge is 0.383 e. The average molecular weight is 577 g/mol. The molecule has 9 nitrogen and oxygen atoms in total. The topological polar surface area (TPSA) is 148 Å². The van der Waals surface area contributed by atoms with E-state index in [9.17, 15) is 40.7 Å². The first-order chi connectivity index (χ1) is 18.6. The van der Waals surface area contributed by atoms with Crippen LogP contribution in [-0.4, -0.2) is 36.5 Å². The summed E-state index contributed by atoms with van der Waals surface area (Å²) in [6.07, 6.45) is 0. The third kappa shape index (κ3) is 5.44. The van der Waals surface area contributed by atoms with Gasteiger partial charge in [-0.05, 0) is 50.2 Å². The van der Waals surface area contributed by atoms with E-state index in [1.807, 2.05) is 0 Å². The molecule has 0 saturated carbocycles. The van der Waals surface area contributed by atoms with Gasteiger partial charge in [0.2, 0.25) is 11.6 Å². The van der Waals surface area contributed by atoms with Crippen LogP contribution in [0.4, 0.5) is 28.9 Å². The minimum atomic E-state index is -4.85. The SMILES string of the molecule is CC(C)(O)C(=N)NS(=O)(=O)c1cc(C(=O)C(C(=O)c2cc(F)c(F)cc2F)=C2Nc3ccccc3N2)ccc1F. The number of Topliss-reactive ketones (excluding diaryl/α,β-unsaturated/α-hetero) is 2. The molecule has 0 spiro atoms. The van der Waals surface area contributed by atoms with Crippen LogP contribution in [0.15, 0.2) is 70.9 Å². The number of amidine groups is 1. The van der Waals surface area contributed by atoms with Crippen molar-refractivity contribution in [2.45, 2.75) is 24.3 Å². The zero-order valence-corrected chi connectivity index (χ0v) is 21.5. The van der Waals surface area contributed by atoms with Crippen molar-refractivity contribution in [3.63, 3.8) is 0 Å². The number of para-hydroxylation sites is 2. The third-order valence-corrected chi connectivity index (χ3v) is 7.10. The average Bonchev–Trinajstić information content (AvgIpc) is 3.29. The first kappa shape index (κ1) is 28.4. The summed E-state index contributed by atoms with van der Waals surface area (Å²) in [5.41, 5.74) is -3.52. The number of fused-ring (bicyclic) bond motifs is 1. The van der Waals surface area contributed by atoms with Gasteiger partial charge < -0.3 is 15.7 Å². The van der Waals surface area contributed by atoms with Gasteiger partial charge in [-0.15, -0.1) is 0 Å². The monoisotopic (exact) mass is 576 g/mol. The molecule has 1 heterocycles. The zero-order valence-electron chi connectivity index (χ0n) is 20.7. The van der Waals surface area contributed by atoms with Crippen molar-refractivity contribution in [2.24, 2.45) is 0 Å². The number of benzene rings is 3. The molecule has 3 aromatic rings. The quantitative estimate of drug-likeness (QED) is 0.0416. The van der Waals surface area contributed by atoms with Crippen LogP contribution in [0.2, 0.25) is 0 Å². The van der Waals surface area contributed by atoms with Crippen LogP contribution >= 0.6 is 0 Å². The molecule has 14 heteroatoms. The standard InChI is InChI=1S/C26H20F4N4O5S/c1-26(2,37)25(31)34-40(38,39)20-9-12(7-8-14(20)27)22(35)21(24-32-18-5-3-4-6-19(18)33-24)23(36)13-10-16(29)17(30)11-15(13)28/h3-11,32-33,37H,1-2H3,(H2,31,34). The summed E-state index contributed by atoms with van der Waals surface area (Å²) in [4.78, 5) is 26.0. The van der Waals surface area contributed by atoms with E-state index in [0.29, 0.717) is 23.5 Å². The van der Waals surface area contributed by atoms with Gasteiger partial charge in [0, 0.05) is 11.6 Å². The minimum Gasteiger partial charge on any atom is -0.383 e. The van der Waals surface area contributed by atoms with Crippen molar-refractivity contribution in [3.8, 4) is 0 Å². The Morgan fingerprint density at radius 2 is 1.43 bits per heavy atom. The molecular formula is C26H20F4N4O5S. The number of halogens is 4. The molecule has 0 bridgehead atoms. The maximum atomic E-state index is 14.6. The Kier molecular flexibility index (Phi) is 7.26. The number of nitrogens with one attached hydrogen (secondary N) is 4. The summed E-state index contributed by atoms with van der Waals surface area (Å²) in [6.45, 7) is 2.21. The lowest BCUT2D eigenvalue weighted by Gasteiger charge is -2.20. The van der Waals surface area contributed by atoms with Crippen molar-refractivity contribution in [3.05, 3.63) is 100 Å². The van der Waals surface area contributed by atoms with Gasteiger partial charge in [-0.1, -0.05) is 12.1 Å². The highest BCUT2D eigenvalue weighted by Crippen LogP contribution is 2.33. The van der Waals surface area contributed by atoms with E-state index in [1.165, 1.54) is 0 Å². The molecule has 208 valence electrons. The lowest BCUT2D eigenvalue weighted by molar-refractivity contribution is 0.0958. The lowest BCUT2D eigenvalue weighted by Crippen LogP contribution is -2.44. The summed E-state index contributed by atoms with van der Waals surface area (Å²) in [6, 6.07) is 8.86. The second kappa shape index (κ2) is 10.2. The number of allylic oxidation sites excluding steroid dienone is 1. The summed E-state index contributed by atoms with van der Waals surface area (Å²) < 4.78 is 83.9. The smallest absolute Gasteiger partial charge is 0.265 e. The van der Waals surface area contributed by atoms with Gasteiger partial charge in [-0.2, -0.15) is 0 Å². The van der Waals surface area contributed by atoms with E-state index in [1.54, 1.807) is 29.0 Å². The maximum absolute atomic E-state index is 14.6. The van der Waals surface area contributed by atoms with Crippen molar-refractivity contribution in [2.75, 3.05) is 10.6 Å². The van der Waals surface area contributed by atoms with E-state index in [0.717, 1.165) is 19.9 Å². The number of hydrogen-bond donors (Lipinski definition) is 5. The molecule has 0 radical (unpaired) electrons. The van der Waals surface area contributed by atoms with Crippen LogP contribution in [0.1, 0.15) is 34.6 Å². The fraction of sp³-hybridized carbons (Fsp3) is 0.115. The number of carbonyl (C=O) groups excluding carboxylic acids is 2. The Balaban J connectivity index is 1.84. The van der Waals surface area contributed by atoms with Gasteiger partial charge >= 0.3 is 0 Å². The van der Waals surface area contributed by atoms with Gasteiger partial charge in [0.25, 0.3) is 10.0 Å². The Morgan fingerprint density at radius 1 is 0.850 bits per heavy atom. The van der Waals surface area contributed by atoms with E-state index in [2.05, 4.69) is 10.6 Å². The van der Waals surface area contributed by atoms with Gasteiger partial charge in [0.05, 0.1) is 16.9 Å². The highest BCUT2D eigenvalue weighted by molar-refractivity contribution is 7.90. The van der Waals surface area contributed by atoms with E-state index in [4.69, 9.17) is 5.41 Å². The first-order valence-corrected chi connectivity index (χ1v) is 12.8. The van der Waals surface area contributed by atoms with Gasteiger partial charge in [0.15, 0.2) is 11.6 Å². The number of ketones is 2. The highest BCUT2D eigenvalue weighted by atomic mass is 32.2. The molecule has 0 aliphatic carbocycles. The molecule has 4 rings (SSSR count). The fourth-order valence-corrected chi connectivity index (χ4v) is 4.83. The summed E-state index contributed by atoms with van der Waals surface area (Å²) in [5.74, 6) is -9.73. The van der Waals surface area contributed by atoms with Crippen molar-refractivity contribution in [1.82, 2.24) is 4.72 Å². The molecule has 0 fully saturated rings. The molecule has 40 heavy (non-hydrogen) atoms. The first-order valence-electron chi connectivity index (χ1n) is 11.3. The lowest BCUT2D eigenvalue weighted by atomic mass is 9.95. The molecule has 1 aliphatic rings. The van der Waals surface area contributed by atoms with Crippen LogP contribution in [-0.2, 0) is 10.0 Å². The van der Waals surface area contributed by atoms with Crippen LogP contribution in [0.3, 0.4) is 0 Å². The Bertz CT molecular complexity index is 1710. The Labute approximate surface area is 225 Å². The normalized spacial score (nSPS) is 12.7. The van der Waals surface area contributed by atoms with Gasteiger partial charge in [0.1, 0.15) is 39.4 Å². The molecule has 1 aliphatic heterocycles. The van der Waals surface area contributed by atoms with Crippen LogP contribution in [0.5, 0.6) is 0 Å². The summed E-state index contributed by atoms with van der Waals surface area (Å²) in [7, 11) is -4.85. The molecule has 0 atom stereocenters. The second-order valence-corrected chi connectivity index (χ2v) is 10.8. The third-order valence-electron chi connectivity index (χ3n) is 5.74. The second-order valence-electron chi connectivity index (χ2n) is 9.13. The van der Waals surface area contributed by atoms with Gasteiger partial charge in [-0.3, -0.25) is 19.7 Å². The predicted molar refractivity (Wildman–Crippen MR) is 136 cm³/mol. The Morgan fingerprint density at radius 3 is 2.00 bits per heavy atom. The van der Waals surface area contributed by atoms with Crippen LogP contribution in [0, 0.1) is 28.7 Å². The summed E-state index contributed by atoms with van der Waals surface area (Å²) >= 11 is 0. The highest BCUT2D eigenvalue weighted by Gasteiger charge is 2.33. The molecule has 0 aromatic heterocycles. The zero-order chi connectivity index (χ0) is 29.6. The molecule has 0 amide bonds. The van der Waals surface area contributed by atoms with Crippen LogP contribution < -0.4 is 15.4 Å². The number of rotatable bonds is 7. The number of anilines is 2. The molecular weight excluding hydrogens is 556 g/mol. The maximum Gasteiger partial charge on any atom is 0.265 e. The van der Waals surface area contributed by atoms with Gasteiger partial charge in [-0.25, -0.2) is 26.0 Å². The number of hydrogen-bond acceptors (Lipinski definition) is 8.